The van der Waals surface area contributed by atoms with Crippen molar-refractivity contribution in [2.45, 2.75) is 51.6 Å². The van der Waals surface area contributed by atoms with Gasteiger partial charge >= 0.3 is 5.97 Å². The van der Waals surface area contributed by atoms with Crippen molar-refractivity contribution in [1.29, 1.82) is 0 Å². The summed E-state index contributed by atoms with van der Waals surface area (Å²) in [6, 6.07) is -0.136. The largest absolute Gasteiger partial charge is 0.481 e. The second-order valence-corrected chi connectivity index (χ2v) is 6.21. The van der Waals surface area contributed by atoms with Crippen molar-refractivity contribution < 1.29 is 14.7 Å². The van der Waals surface area contributed by atoms with Crippen molar-refractivity contribution >= 4 is 11.9 Å². The molecule has 108 valence electrons. The highest BCUT2D eigenvalue weighted by molar-refractivity contribution is 5.86. The number of nitrogens with one attached hydrogen (secondary N) is 1. The first-order chi connectivity index (χ1) is 8.97. The highest BCUT2D eigenvalue weighted by Gasteiger charge is 2.38. The standard InChI is InChI=1S/C14H24N2O3/c1-9-5-10(2)7-11(6-9)16-4-3-15-14(19)12(16)8-13(17)18/h9-12H,3-8H2,1-2H3,(H,15,19)(H,17,18). The van der Waals surface area contributed by atoms with Crippen molar-refractivity contribution in [3.05, 3.63) is 0 Å². The summed E-state index contributed by atoms with van der Waals surface area (Å²) in [6.45, 7) is 5.90. The van der Waals surface area contributed by atoms with Gasteiger partial charge < -0.3 is 10.4 Å². The Bertz CT molecular complexity index is 349. The molecule has 0 radical (unpaired) electrons. The van der Waals surface area contributed by atoms with Gasteiger partial charge in [-0.25, -0.2) is 0 Å². The summed E-state index contributed by atoms with van der Waals surface area (Å²) < 4.78 is 0. The first-order valence-corrected chi connectivity index (χ1v) is 7.22. The zero-order chi connectivity index (χ0) is 14.0. The van der Waals surface area contributed by atoms with E-state index >= 15 is 0 Å². The quantitative estimate of drug-likeness (QED) is 0.804. The number of rotatable bonds is 3. The SMILES string of the molecule is CC1CC(C)CC(N2CCNC(=O)C2CC(=O)O)C1. The summed E-state index contributed by atoms with van der Waals surface area (Å²) >= 11 is 0. The number of hydrogen-bond acceptors (Lipinski definition) is 3. The maximum atomic E-state index is 11.9. The average molecular weight is 268 g/mol. The van der Waals surface area contributed by atoms with Gasteiger partial charge in [-0.05, 0) is 31.1 Å². The minimum atomic E-state index is -0.899. The Labute approximate surface area is 114 Å². The second-order valence-electron chi connectivity index (χ2n) is 6.21. The van der Waals surface area contributed by atoms with Crippen LogP contribution in [-0.2, 0) is 9.59 Å². The van der Waals surface area contributed by atoms with Crippen molar-refractivity contribution in [2.24, 2.45) is 11.8 Å². The Morgan fingerprint density at radius 3 is 2.53 bits per heavy atom. The fourth-order valence-corrected chi connectivity index (χ4v) is 3.72. The molecule has 1 saturated carbocycles. The predicted octanol–water partition coefficient (Wildman–Crippen LogP) is 1.09. The molecule has 0 aromatic heterocycles. The van der Waals surface area contributed by atoms with Crippen LogP contribution in [0, 0.1) is 11.8 Å². The van der Waals surface area contributed by atoms with Gasteiger partial charge in [0.15, 0.2) is 0 Å². The van der Waals surface area contributed by atoms with Gasteiger partial charge in [-0.15, -0.1) is 0 Å². The minimum Gasteiger partial charge on any atom is -0.481 e. The van der Waals surface area contributed by atoms with Crippen LogP contribution in [0.1, 0.15) is 39.5 Å². The van der Waals surface area contributed by atoms with Crippen molar-refractivity contribution in [1.82, 2.24) is 10.2 Å². The van der Waals surface area contributed by atoms with Crippen molar-refractivity contribution in [2.75, 3.05) is 13.1 Å². The molecular weight excluding hydrogens is 244 g/mol. The van der Waals surface area contributed by atoms with Crippen LogP contribution in [0.25, 0.3) is 0 Å². The maximum Gasteiger partial charge on any atom is 0.305 e. The van der Waals surface area contributed by atoms with Crippen LogP contribution in [0.3, 0.4) is 0 Å². The molecule has 1 heterocycles. The number of nitrogens with zero attached hydrogens (tertiary/aromatic N) is 1. The van der Waals surface area contributed by atoms with E-state index in [2.05, 4.69) is 24.1 Å². The van der Waals surface area contributed by atoms with E-state index in [4.69, 9.17) is 5.11 Å². The first-order valence-electron chi connectivity index (χ1n) is 7.22. The monoisotopic (exact) mass is 268 g/mol. The van der Waals surface area contributed by atoms with Crippen LogP contribution in [-0.4, -0.2) is 47.1 Å². The Morgan fingerprint density at radius 2 is 1.95 bits per heavy atom. The molecule has 2 fully saturated rings. The summed E-state index contributed by atoms with van der Waals surface area (Å²) in [4.78, 5) is 25.0. The van der Waals surface area contributed by atoms with Crippen LogP contribution in [0.15, 0.2) is 0 Å². The number of carbonyl (C=O) groups excluding carboxylic acids is 1. The molecule has 1 aliphatic carbocycles. The van der Waals surface area contributed by atoms with Gasteiger partial charge in [0.25, 0.3) is 0 Å². The van der Waals surface area contributed by atoms with Crippen LogP contribution in [0.4, 0.5) is 0 Å². The van der Waals surface area contributed by atoms with Crippen molar-refractivity contribution in [3.63, 3.8) is 0 Å². The molecule has 2 rings (SSSR count). The summed E-state index contributed by atoms with van der Waals surface area (Å²) in [5.41, 5.74) is 0. The van der Waals surface area contributed by atoms with E-state index in [1.807, 2.05) is 0 Å². The highest BCUT2D eigenvalue weighted by Crippen LogP contribution is 2.33. The smallest absolute Gasteiger partial charge is 0.305 e. The Kier molecular flexibility index (Phi) is 4.45. The summed E-state index contributed by atoms with van der Waals surface area (Å²) in [7, 11) is 0. The van der Waals surface area contributed by atoms with E-state index in [0.29, 0.717) is 24.4 Å². The van der Waals surface area contributed by atoms with E-state index < -0.39 is 12.0 Å². The van der Waals surface area contributed by atoms with E-state index in [9.17, 15) is 9.59 Å². The fourth-order valence-electron chi connectivity index (χ4n) is 3.72. The van der Waals surface area contributed by atoms with Gasteiger partial charge in [0.2, 0.25) is 5.91 Å². The Balaban J connectivity index is 2.10. The number of aliphatic carboxylic acids is 1. The number of carbonyl (C=O) groups is 2. The van der Waals surface area contributed by atoms with E-state index in [1.165, 1.54) is 6.42 Å². The van der Waals surface area contributed by atoms with Gasteiger partial charge in [-0.3, -0.25) is 14.5 Å². The van der Waals surface area contributed by atoms with Crippen molar-refractivity contribution in [3.8, 4) is 0 Å². The second kappa shape index (κ2) is 5.90. The molecule has 1 saturated heterocycles. The molecule has 3 atom stereocenters. The number of carboxylic acid groups (broad SMARTS) is 1. The molecule has 0 aromatic rings. The lowest BCUT2D eigenvalue weighted by molar-refractivity contribution is -0.144. The molecule has 2 aliphatic rings. The molecule has 5 nitrogen and oxygen atoms in total. The molecule has 3 unspecified atom stereocenters. The summed E-state index contributed by atoms with van der Waals surface area (Å²) in [5, 5.41) is 11.8. The molecular formula is C14H24N2O3. The van der Waals surface area contributed by atoms with Gasteiger partial charge in [0.1, 0.15) is 0 Å². The van der Waals surface area contributed by atoms with Crippen LogP contribution in [0.2, 0.25) is 0 Å². The molecule has 5 heteroatoms. The molecule has 1 aliphatic heterocycles. The fraction of sp³-hybridized carbons (Fsp3) is 0.857. The van der Waals surface area contributed by atoms with Crippen LogP contribution >= 0.6 is 0 Å². The third-order valence-corrected chi connectivity index (χ3v) is 4.36. The van der Waals surface area contributed by atoms with Gasteiger partial charge in [0.05, 0.1) is 12.5 Å². The van der Waals surface area contributed by atoms with Gasteiger partial charge in [0, 0.05) is 19.1 Å². The molecule has 0 bridgehead atoms. The molecule has 0 aromatic carbocycles. The number of piperazine rings is 1. The molecule has 19 heavy (non-hydrogen) atoms. The van der Waals surface area contributed by atoms with Crippen LogP contribution in [0.5, 0.6) is 0 Å². The third-order valence-electron chi connectivity index (χ3n) is 4.36. The Hall–Kier alpha value is -1.10. The lowest BCUT2D eigenvalue weighted by Crippen LogP contribution is -2.60. The average Bonchev–Trinajstić information content (AvgIpc) is 2.30. The Morgan fingerprint density at radius 1 is 1.32 bits per heavy atom. The lowest BCUT2D eigenvalue weighted by atomic mass is 9.79. The predicted molar refractivity (Wildman–Crippen MR) is 71.7 cm³/mol. The summed E-state index contributed by atoms with van der Waals surface area (Å²) in [6.07, 6.45) is 3.30. The topological polar surface area (TPSA) is 69.6 Å². The molecule has 1 amide bonds. The summed E-state index contributed by atoms with van der Waals surface area (Å²) in [5.74, 6) is 0.289. The third kappa shape index (κ3) is 3.47. The number of hydrogen-bond donors (Lipinski definition) is 2. The molecule has 0 spiro atoms. The maximum absolute atomic E-state index is 11.9. The van der Waals surface area contributed by atoms with E-state index in [1.54, 1.807) is 0 Å². The minimum absolute atomic E-state index is 0.0922. The molecule has 2 N–H and O–H groups in total. The van der Waals surface area contributed by atoms with E-state index in [-0.39, 0.29) is 12.3 Å². The zero-order valence-corrected chi connectivity index (χ0v) is 11.8. The first kappa shape index (κ1) is 14.3. The van der Waals surface area contributed by atoms with E-state index in [0.717, 1.165) is 19.4 Å². The van der Waals surface area contributed by atoms with Gasteiger partial charge in [-0.2, -0.15) is 0 Å². The number of carboxylic acids is 1. The normalized spacial score (nSPS) is 36.8. The van der Waals surface area contributed by atoms with Crippen LogP contribution < -0.4 is 5.32 Å². The lowest BCUT2D eigenvalue weighted by Gasteiger charge is -2.44. The zero-order valence-electron chi connectivity index (χ0n) is 11.8. The highest BCUT2D eigenvalue weighted by atomic mass is 16.4. The number of amides is 1. The van der Waals surface area contributed by atoms with Gasteiger partial charge in [-0.1, -0.05) is 13.8 Å².